The molecule has 0 spiro atoms. The maximum atomic E-state index is 5.81. The average molecular weight is 412 g/mol. The van der Waals surface area contributed by atoms with E-state index in [1.165, 1.54) is 0 Å². The third-order valence-corrected chi connectivity index (χ3v) is 3.35. The Balaban J connectivity index is 0.00000361. The van der Waals surface area contributed by atoms with Crippen molar-refractivity contribution in [3.63, 3.8) is 0 Å². The SMILES string of the molecule is COCC(C)NC(N)=NCc1nc(C(C)(C)C)cs1.I. The van der Waals surface area contributed by atoms with E-state index in [4.69, 9.17) is 10.5 Å². The van der Waals surface area contributed by atoms with E-state index in [1.54, 1.807) is 18.4 Å². The van der Waals surface area contributed by atoms with Crippen LogP contribution in [0.25, 0.3) is 0 Å². The smallest absolute Gasteiger partial charge is 0.189 e. The Morgan fingerprint density at radius 3 is 2.70 bits per heavy atom. The van der Waals surface area contributed by atoms with Gasteiger partial charge in [-0.1, -0.05) is 20.8 Å². The summed E-state index contributed by atoms with van der Waals surface area (Å²) in [5.41, 5.74) is 6.98. The van der Waals surface area contributed by atoms with Crippen molar-refractivity contribution in [3.8, 4) is 0 Å². The van der Waals surface area contributed by atoms with Crippen molar-refractivity contribution in [2.45, 2.75) is 45.7 Å². The summed E-state index contributed by atoms with van der Waals surface area (Å²) >= 11 is 1.62. The molecule has 3 N–H and O–H groups in total. The highest BCUT2D eigenvalue weighted by Crippen LogP contribution is 2.24. The van der Waals surface area contributed by atoms with Gasteiger partial charge < -0.3 is 15.8 Å². The second-order valence-corrected chi connectivity index (χ2v) is 6.52. The van der Waals surface area contributed by atoms with Crippen molar-refractivity contribution in [2.75, 3.05) is 13.7 Å². The van der Waals surface area contributed by atoms with E-state index in [9.17, 15) is 0 Å². The number of thiazole rings is 1. The Hall–Kier alpha value is -0.410. The lowest BCUT2D eigenvalue weighted by molar-refractivity contribution is 0.179. The second-order valence-electron chi connectivity index (χ2n) is 5.58. The van der Waals surface area contributed by atoms with Gasteiger partial charge in [0.25, 0.3) is 0 Å². The number of rotatable bonds is 5. The van der Waals surface area contributed by atoms with E-state index in [-0.39, 0.29) is 35.4 Å². The molecular weight excluding hydrogens is 387 g/mol. The van der Waals surface area contributed by atoms with Gasteiger partial charge in [-0.25, -0.2) is 9.98 Å². The van der Waals surface area contributed by atoms with Crippen LogP contribution in [0.1, 0.15) is 38.4 Å². The summed E-state index contributed by atoms with van der Waals surface area (Å²) in [6.07, 6.45) is 0. The van der Waals surface area contributed by atoms with Crippen LogP contribution >= 0.6 is 35.3 Å². The van der Waals surface area contributed by atoms with Crippen LogP contribution in [0.15, 0.2) is 10.4 Å². The molecule has 1 aromatic rings. The van der Waals surface area contributed by atoms with Crippen molar-refractivity contribution in [3.05, 3.63) is 16.1 Å². The summed E-state index contributed by atoms with van der Waals surface area (Å²) in [5.74, 6) is 0.428. The van der Waals surface area contributed by atoms with Gasteiger partial charge in [0, 0.05) is 23.9 Å². The molecule has 0 fully saturated rings. The third kappa shape index (κ3) is 6.85. The number of nitrogens with zero attached hydrogens (tertiary/aromatic N) is 2. The highest BCUT2D eigenvalue weighted by atomic mass is 127. The molecule has 20 heavy (non-hydrogen) atoms. The van der Waals surface area contributed by atoms with Gasteiger partial charge in [-0.15, -0.1) is 35.3 Å². The van der Waals surface area contributed by atoms with Crippen LogP contribution in [0.3, 0.4) is 0 Å². The second kappa shape index (κ2) is 8.78. The molecule has 1 atom stereocenters. The molecule has 1 heterocycles. The number of ether oxygens (including phenoxy) is 1. The standard InChI is InChI=1S/C13H24N4OS.HI/c1-9(7-18-5)16-12(14)15-6-11-17-10(8-19-11)13(2,3)4;/h8-9H,6-7H2,1-5H3,(H3,14,15,16);1H. The lowest BCUT2D eigenvalue weighted by Gasteiger charge is -2.14. The van der Waals surface area contributed by atoms with Crippen LogP contribution < -0.4 is 11.1 Å². The Bertz CT molecular complexity index is 428. The number of hydrogen-bond donors (Lipinski definition) is 2. The van der Waals surface area contributed by atoms with Gasteiger partial charge in [0.2, 0.25) is 0 Å². The minimum absolute atomic E-state index is 0. The van der Waals surface area contributed by atoms with Crippen molar-refractivity contribution < 1.29 is 4.74 Å². The molecule has 1 aromatic heterocycles. The first-order chi connectivity index (χ1) is 8.82. The van der Waals surface area contributed by atoms with Gasteiger partial charge >= 0.3 is 0 Å². The summed E-state index contributed by atoms with van der Waals surface area (Å²) in [4.78, 5) is 8.86. The van der Waals surface area contributed by atoms with Crippen molar-refractivity contribution in [2.24, 2.45) is 10.7 Å². The largest absolute Gasteiger partial charge is 0.383 e. The van der Waals surface area contributed by atoms with Crippen LogP contribution in [-0.2, 0) is 16.7 Å². The van der Waals surface area contributed by atoms with E-state index >= 15 is 0 Å². The third-order valence-electron chi connectivity index (χ3n) is 2.52. The van der Waals surface area contributed by atoms with Gasteiger partial charge in [0.05, 0.1) is 18.8 Å². The molecule has 1 unspecified atom stereocenters. The first-order valence-electron chi connectivity index (χ1n) is 6.33. The Labute approximate surface area is 142 Å². The molecule has 0 aromatic carbocycles. The molecule has 0 saturated carbocycles. The number of nitrogens with one attached hydrogen (secondary N) is 1. The summed E-state index contributed by atoms with van der Waals surface area (Å²) in [7, 11) is 1.66. The zero-order valence-electron chi connectivity index (χ0n) is 12.8. The first-order valence-corrected chi connectivity index (χ1v) is 7.21. The Morgan fingerprint density at radius 2 is 2.20 bits per heavy atom. The number of methoxy groups -OCH3 is 1. The van der Waals surface area contributed by atoms with Gasteiger partial charge in [0.1, 0.15) is 5.01 Å². The van der Waals surface area contributed by atoms with Gasteiger partial charge in [0.15, 0.2) is 5.96 Å². The molecule has 0 bridgehead atoms. The molecule has 0 saturated heterocycles. The van der Waals surface area contributed by atoms with Gasteiger partial charge in [-0.3, -0.25) is 0 Å². The monoisotopic (exact) mass is 412 g/mol. The molecular formula is C13H25IN4OS. The summed E-state index contributed by atoms with van der Waals surface area (Å²) in [5, 5.41) is 6.13. The van der Waals surface area contributed by atoms with Gasteiger partial charge in [-0.05, 0) is 6.92 Å². The van der Waals surface area contributed by atoms with E-state index in [0.29, 0.717) is 19.1 Å². The molecule has 7 heteroatoms. The first kappa shape index (κ1) is 19.6. The van der Waals surface area contributed by atoms with Crippen molar-refractivity contribution >= 4 is 41.3 Å². The van der Waals surface area contributed by atoms with Crippen molar-refractivity contribution in [1.29, 1.82) is 0 Å². The summed E-state index contributed by atoms with van der Waals surface area (Å²) in [6.45, 7) is 9.56. The lowest BCUT2D eigenvalue weighted by Crippen LogP contribution is -2.40. The number of aliphatic imine (C=N–C) groups is 1. The maximum Gasteiger partial charge on any atom is 0.189 e. The maximum absolute atomic E-state index is 5.81. The molecule has 116 valence electrons. The fourth-order valence-electron chi connectivity index (χ4n) is 1.47. The molecule has 1 rings (SSSR count). The molecule has 0 aliphatic rings. The summed E-state index contributed by atoms with van der Waals surface area (Å²) in [6, 6.07) is 0.148. The Kier molecular flexibility index (Phi) is 8.60. The van der Waals surface area contributed by atoms with Crippen LogP contribution in [0.2, 0.25) is 0 Å². The zero-order valence-corrected chi connectivity index (χ0v) is 15.9. The number of nitrogens with two attached hydrogens (primary N) is 1. The number of aromatic nitrogens is 1. The number of hydrogen-bond acceptors (Lipinski definition) is 4. The molecule has 5 nitrogen and oxygen atoms in total. The highest BCUT2D eigenvalue weighted by molar-refractivity contribution is 14.0. The van der Waals surface area contributed by atoms with E-state index in [1.807, 2.05) is 6.92 Å². The number of halogens is 1. The fourth-order valence-corrected chi connectivity index (χ4v) is 2.41. The van der Waals surface area contributed by atoms with E-state index < -0.39 is 0 Å². The van der Waals surface area contributed by atoms with Crippen LogP contribution in [0, 0.1) is 0 Å². The molecule has 0 amide bonds. The summed E-state index contributed by atoms with van der Waals surface area (Å²) < 4.78 is 5.02. The molecule has 0 radical (unpaired) electrons. The Morgan fingerprint density at radius 1 is 1.55 bits per heavy atom. The van der Waals surface area contributed by atoms with Crippen LogP contribution in [-0.4, -0.2) is 30.7 Å². The molecule has 0 aliphatic carbocycles. The number of guanidine groups is 1. The normalized spacial score (nSPS) is 13.8. The van der Waals surface area contributed by atoms with E-state index in [2.05, 4.69) is 41.4 Å². The fraction of sp³-hybridized carbons (Fsp3) is 0.692. The average Bonchev–Trinajstić information content (AvgIpc) is 2.74. The van der Waals surface area contributed by atoms with Gasteiger partial charge in [-0.2, -0.15) is 0 Å². The topological polar surface area (TPSA) is 72.5 Å². The predicted octanol–water partition coefficient (Wildman–Crippen LogP) is 2.50. The van der Waals surface area contributed by atoms with Crippen molar-refractivity contribution in [1.82, 2.24) is 10.3 Å². The minimum Gasteiger partial charge on any atom is -0.383 e. The zero-order chi connectivity index (χ0) is 14.5. The van der Waals surface area contributed by atoms with E-state index in [0.717, 1.165) is 10.7 Å². The minimum atomic E-state index is 0. The predicted molar refractivity (Wildman–Crippen MR) is 96.0 cm³/mol. The van der Waals surface area contributed by atoms with Crippen LogP contribution in [0.5, 0.6) is 0 Å². The van der Waals surface area contributed by atoms with Crippen LogP contribution in [0.4, 0.5) is 0 Å². The highest BCUT2D eigenvalue weighted by Gasteiger charge is 2.17. The molecule has 0 aliphatic heterocycles. The lowest BCUT2D eigenvalue weighted by atomic mass is 9.93. The quantitative estimate of drug-likeness (QED) is 0.443.